The lowest BCUT2D eigenvalue weighted by Crippen LogP contribution is -2.41. The van der Waals surface area contributed by atoms with Gasteiger partial charge in [-0.15, -0.1) is 0 Å². The zero-order valence-electron chi connectivity index (χ0n) is 11.5. The van der Waals surface area contributed by atoms with Crippen LogP contribution in [0.2, 0.25) is 0 Å². The lowest BCUT2D eigenvalue weighted by Gasteiger charge is -2.26. The van der Waals surface area contributed by atoms with Gasteiger partial charge in [0.25, 0.3) is 0 Å². The third-order valence-electron chi connectivity index (χ3n) is 3.64. The molecule has 1 heterocycles. The maximum absolute atomic E-state index is 12.1. The number of nitrogens with zero attached hydrogens (tertiary/aromatic N) is 3. The van der Waals surface area contributed by atoms with Crippen LogP contribution < -0.4 is 4.90 Å². The zero-order valence-corrected chi connectivity index (χ0v) is 11.5. The molecule has 1 aromatic carbocycles. The Morgan fingerprint density at radius 3 is 3.00 bits per heavy atom. The molecule has 19 heavy (non-hydrogen) atoms. The minimum absolute atomic E-state index is 0.0683. The van der Waals surface area contributed by atoms with Crippen molar-refractivity contribution in [2.45, 2.75) is 25.8 Å². The van der Waals surface area contributed by atoms with E-state index in [1.807, 2.05) is 12.1 Å². The fraction of sp³-hybridized carbons (Fsp3) is 0.467. The average molecular weight is 257 g/mol. The first-order chi connectivity index (χ1) is 9.13. The number of carbonyl (C=O) groups is 1. The Morgan fingerprint density at radius 1 is 1.53 bits per heavy atom. The van der Waals surface area contributed by atoms with E-state index >= 15 is 0 Å². The van der Waals surface area contributed by atoms with Crippen molar-refractivity contribution in [1.29, 1.82) is 5.26 Å². The molecule has 1 amide bonds. The number of hydrogen-bond donors (Lipinski definition) is 0. The molecule has 2 rings (SSSR count). The Kier molecular flexibility index (Phi) is 4.06. The summed E-state index contributed by atoms with van der Waals surface area (Å²) in [6, 6.07) is 10.7. The van der Waals surface area contributed by atoms with E-state index in [1.165, 1.54) is 5.56 Å². The van der Waals surface area contributed by atoms with Gasteiger partial charge in [-0.2, -0.15) is 5.26 Å². The molecule has 0 unspecified atom stereocenters. The van der Waals surface area contributed by atoms with E-state index in [1.54, 1.807) is 11.9 Å². The zero-order chi connectivity index (χ0) is 13.8. The summed E-state index contributed by atoms with van der Waals surface area (Å²) in [5, 5.41) is 8.55. The number of carbonyl (C=O) groups excluding carboxylic acids is 1. The largest absolute Gasteiger partial charge is 0.359 e. The van der Waals surface area contributed by atoms with E-state index < -0.39 is 0 Å². The number of anilines is 1. The fourth-order valence-corrected chi connectivity index (χ4v) is 2.48. The van der Waals surface area contributed by atoms with Gasteiger partial charge in [0, 0.05) is 25.3 Å². The SMILES string of the molecule is C[C@H]1Cc2ccccc2N1CC(=O)N(C)CCC#N. The van der Waals surface area contributed by atoms with Crippen LogP contribution >= 0.6 is 0 Å². The molecule has 4 heteroatoms. The maximum Gasteiger partial charge on any atom is 0.241 e. The highest BCUT2D eigenvalue weighted by atomic mass is 16.2. The van der Waals surface area contributed by atoms with Crippen molar-refractivity contribution < 1.29 is 4.79 Å². The summed E-state index contributed by atoms with van der Waals surface area (Å²) in [5.41, 5.74) is 2.47. The second kappa shape index (κ2) is 5.75. The molecule has 0 bridgehead atoms. The van der Waals surface area contributed by atoms with Crippen LogP contribution in [0.25, 0.3) is 0 Å². The second-order valence-electron chi connectivity index (χ2n) is 5.03. The van der Waals surface area contributed by atoms with Crippen molar-refractivity contribution in [3.05, 3.63) is 29.8 Å². The minimum atomic E-state index is 0.0683. The van der Waals surface area contributed by atoms with Gasteiger partial charge in [-0.3, -0.25) is 4.79 Å². The van der Waals surface area contributed by atoms with Crippen molar-refractivity contribution in [3.63, 3.8) is 0 Å². The van der Waals surface area contributed by atoms with Crippen LogP contribution in [-0.2, 0) is 11.2 Å². The molecule has 0 radical (unpaired) electrons. The van der Waals surface area contributed by atoms with Gasteiger partial charge in [-0.05, 0) is 25.0 Å². The molecule has 0 aliphatic carbocycles. The van der Waals surface area contributed by atoms with Gasteiger partial charge in [0.15, 0.2) is 0 Å². The highest BCUT2D eigenvalue weighted by Crippen LogP contribution is 2.31. The summed E-state index contributed by atoms with van der Waals surface area (Å²) in [7, 11) is 1.76. The van der Waals surface area contributed by atoms with E-state index in [4.69, 9.17) is 5.26 Å². The first kappa shape index (κ1) is 13.4. The Labute approximate surface area is 114 Å². The molecule has 1 atom stereocenters. The molecule has 0 fully saturated rings. The monoisotopic (exact) mass is 257 g/mol. The van der Waals surface area contributed by atoms with Crippen molar-refractivity contribution in [2.75, 3.05) is 25.0 Å². The topological polar surface area (TPSA) is 47.3 Å². The van der Waals surface area contributed by atoms with Crippen LogP contribution in [-0.4, -0.2) is 37.0 Å². The van der Waals surface area contributed by atoms with Crippen LogP contribution in [0.5, 0.6) is 0 Å². The third-order valence-corrected chi connectivity index (χ3v) is 3.64. The summed E-state index contributed by atoms with van der Waals surface area (Å²) in [4.78, 5) is 15.9. The van der Waals surface area contributed by atoms with E-state index in [0.717, 1.165) is 12.1 Å². The summed E-state index contributed by atoms with van der Waals surface area (Å²) >= 11 is 0. The van der Waals surface area contributed by atoms with Crippen molar-refractivity contribution >= 4 is 11.6 Å². The maximum atomic E-state index is 12.1. The van der Waals surface area contributed by atoms with Gasteiger partial charge in [0.2, 0.25) is 5.91 Å². The molecule has 0 saturated carbocycles. The number of fused-ring (bicyclic) bond motifs is 1. The van der Waals surface area contributed by atoms with Crippen LogP contribution in [0.3, 0.4) is 0 Å². The van der Waals surface area contributed by atoms with Crippen LogP contribution in [0.1, 0.15) is 18.9 Å². The number of amides is 1. The number of para-hydroxylation sites is 1. The van der Waals surface area contributed by atoms with Gasteiger partial charge in [0.1, 0.15) is 0 Å². The van der Waals surface area contributed by atoms with E-state index in [-0.39, 0.29) is 5.91 Å². The summed E-state index contributed by atoms with van der Waals surface area (Å²) in [5.74, 6) is 0.0683. The standard InChI is InChI=1S/C15H19N3O/c1-12-10-13-6-3-4-7-14(13)18(12)11-15(19)17(2)9-5-8-16/h3-4,6-7,12H,5,9-11H2,1-2H3/t12-/m0/s1. The van der Waals surface area contributed by atoms with Crippen molar-refractivity contribution in [1.82, 2.24) is 4.90 Å². The molecule has 0 N–H and O–H groups in total. The highest BCUT2D eigenvalue weighted by molar-refractivity contribution is 5.82. The van der Waals surface area contributed by atoms with E-state index in [2.05, 4.69) is 30.0 Å². The lowest BCUT2D eigenvalue weighted by molar-refractivity contribution is -0.128. The fourth-order valence-electron chi connectivity index (χ4n) is 2.48. The lowest BCUT2D eigenvalue weighted by atomic mass is 10.1. The van der Waals surface area contributed by atoms with Crippen LogP contribution in [0.15, 0.2) is 24.3 Å². The molecule has 100 valence electrons. The van der Waals surface area contributed by atoms with E-state index in [9.17, 15) is 4.79 Å². The van der Waals surface area contributed by atoms with Gasteiger partial charge in [0.05, 0.1) is 19.0 Å². The number of rotatable bonds is 4. The highest BCUT2D eigenvalue weighted by Gasteiger charge is 2.27. The molecule has 0 aromatic heterocycles. The molecule has 4 nitrogen and oxygen atoms in total. The Bertz CT molecular complexity index is 506. The third kappa shape index (κ3) is 2.87. The molecule has 1 aromatic rings. The summed E-state index contributed by atoms with van der Waals surface area (Å²) in [6.07, 6.45) is 1.37. The predicted octanol–water partition coefficient (Wildman–Crippen LogP) is 1.81. The molecule has 0 saturated heterocycles. The summed E-state index contributed by atoms with van der Waals surface area (Å²) < 4.78 is 0. The number of benzene rings is 1. The Morgan fingerprint density at radius 2 is 2.26 bits per heavy atom. The number of hydrogen-bond acceptors (Lipinski definition) is 3. The Hall–Kier alpha value is -2.02. The van der Waals surface area contributed by atoms with Gasteiger partial charge < -0.3 is 9.80 Å². The first-order valence-electron chi connectivity index (χ1n) is 6.59. The van der Waals surface area contributed by atoms with Crippen molar-refractivity contribution in [2.24, 2.45) is 0 Å². The van der Waals surface area contributed by atoms with E-state index in [0.29, 0.717) is 25.6 Å². The normalized spacial score (nSPS) is 16.9. The van der Waals surface area contributed by atoms with Crippen LogP contribution in [0, 0.1) is 11.3 Å². The van der Waals surface area contributed by atoms with Crippen molar-refractivity contribution in [3.8, 4) is 6.07 Å². The predicted molar refractivity (Wildman–Crippen MR) is 74.8 cm³/mol. The quantitative estimate of drug-likeness (QED) is 0.826. The summed E-state index contributed by atoms with van der Waals surface area (Å²) in [6.45, 7) is 3.03. The van der Waals surface area contributed by atoms with Crippen LogP contribution in [0.4, 0.5) is 5.69 Å². The Balaban J connectivity index is 2.03. The molecular weight excluding hydrogens is 238 g/mol. The molecule has 1 aliphatic rings. The van der Waals surface area contributed by atoms with Gasteiger partial charge >= 0.3 is 0 Å². The second-order valence-corrected chi connectivity index (χ2v) is 5.03. The first-order valence-corrected chi connectivity index (χ1v) is 6.59. The average Bonchev–Trinajstić information content (AvgIpc) is 2.72. The number of nitriles is 1. The van der Waals surface area contributed by atoms with Gasteiger partial charge in [-0.25, -0.2) is 0 Å². The molecular formula is C15H19N3O. The molecule has 1 aliphatic heterocycles. The molecule has 0 spiro atoms. The minimum Gasteiger partial charge on any atom is -0.359 e. The smallest absolute Gasteiger partial charge is 0.241 e. The number of likely N-dealkylation sites (N-methyl/N-ethyl adjacent to an activating group) is 1. The van der Waals surface area contributed by atoms with Gasteiger partial charge in [-0.1, -0.05) is 18.2 Å².